The maximum atomic E-state index is 11.3. The van der Waals surface area contributed by atoms with Crippen LogP contribution < -0.4 is 16.4 Å². The minimum Gasteiger partial charge on any atom is -0.404 e. The van der Waals surface area contributed by atoms with Crippen molar-refractivity contribution in [1.82, 2.24) is 10.2 Å². The summed E-state index contributed by atoms with van der Waals surface area (Å²) < 4.78 is 0. The van der Waals surface area contributed by atoms with Gasteiger partial charge in [0.2, 0.25) is 0 Å². The molecular formula is C13H16N6O. The number of nitrogens with zero attached hydrogens (tertiary/aromatic N) is 4. The Hall–Kier alpha value is -2.62. The average Bonchev–Trinajstić information content (AvgIpc) is 2.48. The highest BCUT2D eigenvalue weighted by atomic mass is 16.1. The third kappa shape index (κ3) is 2.69. The van der Waals surface area contributed by atoms with Gasteiger partial charge in [0.1, 0.15) is 11.8 Å². The van der Waals surface area contributed by atoms with Gasteiger partial charge < -0.3 is 16.4 Å². The Morgan fingerprint density at radius 2 is 2.05 bits per heavy atom. The maximum Gasteiger partial charge on any atom is 0.252 e. The molecule has 0 aliphatic carbocycles. The predicted molar refractivity (Wildman–Crippen MR) is 74.2 cm³/mol. The van der Waals surface area contributed by atoms with Crippen molar-refractivity contribution in [2.45, 2.75) is 19.3 Å². The molecule has 4 N–H and O–H groups in total. The normalized spacial score (nSPS) is 15.8. The summed E-state index contributed by atoms with van der Waals surface area (Å²) in [5.74, 6) is -0.670. The summed E-state index contributed by atoms with van der Waals surface area (Å²) in [7, 11) is 0. The molecule has 0 atom stereocenters. The topological polar surface area (TPSA) is 122 Å². The summed E-state index contributed by atoms with van der Waals surface area (Å²) in [4.78, 5) is 13.4. The molecular weight excluding hydrogens is 256 g/mol. The zero-order chi connectivity index (χ0) is 14.5. The fourth-order valence-corrected chi connectivity index (χ4v) is 2.26. The third-order valence-electron chi connectivity index (χ3n) is 3.28. The molecule has 7 heteroatoms. The van der Waals surface area contributed by atoms with E-state index in [9.17, 15) is 4.79 Å². The van der Waals surface area contributed by atoms with E-state index in [2.05, 4.69) is 15.1 Å². The number of rotatable bonds is 3. The summed E-state index contributed by atoms with van der Waals surface area (Å²) in [6, 6.07) is 3.68. The van der Waals surface area contributed by atoms with Crippen LogP contribution in [-0.4, -0.2) is 29.2 Å². The first-order chi connectivity index (χ1) is 9.67. The average molecular weight is 272 g/mol. The quantitative estimate of drug-likeness (QED) is 0.754. The molecule has 1 saturated heterocycles. The van der Waals surface area contributed by atoms with Gasteiger partial charge in [0.15, 0.2) is 5.69 Å². The Morgan fingerprint density at radius 3 is 2.60 bits per heavy atom. The van der Waals surface area contributed by atoms with Gasteiger partial charge in [-0.05, 0) is 25.3 Å². The van der Waals surface area contributed by atoms with Crippen molar-refractivity contribution in [3.63, 3.8) is 0 Å². The molecule has 0 bridgehead atoms. The second-order valence-corrected chi connectivity index (χ2v) is 4.57. The predicted octanol–water partition coefficient (Wildman–Crippen LogP) is 0.123. The molecule has 0 aromatic carbocycles. The zero-order valence-corrected chi connectivity index (χ0v) is 11.0. The number of hydrogen-bond donors (Lipinski definition) is 2. The molecule has 2 rings (SSSR count). The van der Waals surface area contributed by atoms with Crippen molar-refractivity contribution in [3.05, 3.63) is 23.7 Å². The van der Waals surface area contributed by atoms with E-state index in [0.717, 1.165) is 32.1 Å². The molecule has 20 heavy (non-hydrogen) atoms. The van der Waals surface area contributed by atoms with Crippen LogP contribution in [0.25, 0.3) is 5.57 Å². The van der Waals surface area contributed by atoms with Gasteiger partial charge in [0.25, 0.3) is 5.91 Å². The van der Waals surface area contributed by atoms with Gasteiger partial charge in [-0.1, -0.05) is 0 Å². The van der Waals surface area contributed by atoms with Gasteiger partial charge >= 0.3 is 0 Å². The Labute approximate surface area is 116 Å². The summed E-state index contributed by atoms with van der Waals surface area (Å²) in [5, 5.41) is 16.9. The van der Waals surface area contributed by atoms with Crippen LogP contribution in [0.4, 0.5) is 5.69 Å². The van der Waals surface area contributed by atoms with Crippen molar-refractivity contribution in [1.29, 1.82) is 5.26 Å². The molecule has 104 valence electrons. The van der Waals surface area contributed by atoms with Crippen LogP contribution in [0.3, 0.4) is 0 Å². The SMILES string of the molecule is N#Cc1nnc(/C(=C/N)C(N)=O)cc1N1CCCCC1. The second kappa shape index (κ2) is 6.02. The molecule has 0 radical (unpaired) electrons. The standard InChI is InChI=1S/C13H16N6O/c14-7-9(13(16)20)10-6-12(11(8-15)18-17-10)19-4-2-1-3-5-19/h6-7H,1-5,14H2,(H2,16,20)/b9-7-. The van der Waals surface area contributed by atoms with E-state index < -0.39 is 5.91 Å². The van der Waals surface area contributed by atoms with Crippen LogP contribution in [-0.2, 0) is 4.79 Å². The lowest BCUT2D eigenvalue weighted by Crippen LogP contribution is -2.30. The Kier molecular flexibility index (Phi) is 4.15. The van der Waals surface area contributed by atoms with Crippen LogP contribution in [0, 0.1) is 11.3 Å². The van der Waals surface area contributed by atoms with Crippen molar-refractivity contribution >= 4 is 17.2 Å². The van der Waals surface area contributed by atoms with Gasteiger partial charge in [-0.3, -0.25) is 4.79 Å². The van der Waals surface area contributed by atoms with Crippen LogP contribution in [0.1, 0.15) is 30.7 Å². The largest absolute Gasteiger partial charge is 0.404 e. The zero-order valence-electron chi connectivity index (χ0n) is 11.0. The summed E-state index contributed by atoms with van der Waals surface area (Å²) in [6.45, 7) is 1.72. The lowest BCUT2D eigenvalue weighted by molar-refractivity contribution is -0.112. The first-order valence-corrected chi connectivity index (χ1v) is 6.42. The van der Waals surface area contributed by atoms with Crippen LogP contribution in [0.15, 0.2) is 12.3 Å². The molecule has 1 aromatic heterocycles. The van der Waals surface area contributed by atoms with Gasteiger partial charge in [0, 0.05) is 19.3 Å². The van der Waals surface area contributed by atoms with E-state index in [1.165, 1.54) is 6.42 Å². The lowest BCUT2D eigenvalue weighted by atomic mass is 10.1. The van der Waals surface area contributed by atoms with E-state index in [4.69, 9.17) is 16.7 Å². The highest BCUT2D eigenvalue weighted by molar-refractivity contribution is 6.18. The van der Waals surface area contributed by atoms with E-state index in [-0.39, 0.29) is 11.3 Å². The summed E-state index contributed by atoms with van der Waals surface area (Å²) in [6.07, 6.45) is 4.42. The molecule has 0 unspecified atom stereocenters. The van der Waals surface area contributed by atoms with E-state index in [1.54, 1.807) is 6.07 Å². The molecule has 1 amide bonds. The van der Waals surface area contributed by atoms with Crippen molar-refractivity contribution in [2.75, 3.05) is 18.0 Å². The van der Waals surface area contributed by atoms with Crippen LogP contribution in [0.5, 0.6) is 0 Å². The van der Waals surface area contributed by atoms with E-state index in [0.29, 0.717) is 11.4 Å². The van der Waals surface area contributed by atoms with Crippen molar-refractivity contribution in [2.24, 2.45) is 11.5 Å². The van der Waals surface area contributed by atoms with Crippen molar-refractivity contribution in [3.8, 4) is 6.07 Å². The second-order valence-electron chi connectivity index (χ2n) is 4.57. The minimum atomic E-state index is -0.670. The fraction of sp³-hybridized carbons (Fsp3) is 0.385. The molecule has 1 fully saturated rings. The summed E-state index contributed by atoms with van der Waals surface area (Å²) >= 11 is 0. The number of aromatic nitrogens is 2. The number of anilines is 1. The molecule has 0 saturated carbocycles. The smallest absolute Gasteiger partial charge is 0.252 e. The molecule has 1 aliphatic rings. The molecule has 0 spiro atoms. The Bertz CT molecular complexity index is 583. The third-order valence-corrected chi connectivity index (χ3v) is 3.28. The van der Waals surface area contributed by atoms with Gasteiger partial charge in [-0.15, -0.1) is 10.2 Å². The van der Waals surface area contributed by atoms with Gasteiger partial charge in [-0.25, -0.2) is 0 Å². The van der Waals surface area contributed by atoms with Crippen LogP contribution >= 0.6 is 0 Å². The molecule has 2 heterocycles. The number of nitrogens with two attached hydrogens (primary N) is 2. The lowest BCUT2D eigenvalue weighted by Gasteiger charge is -2.29. The van der Waals surface area contributed by atoms with Gasteiger partial charge in [0.05, 0.1) is 11.3 Å². The van der Waals surface area contributed by atoms with E-state index in [1.807, 2.05) is 6.07 Å². The molecule has 1 aromatic rings. The Morgan fingerprint density at radius 1 is 1.35 bits per heavy atom. The number of hydrogen-bond acceptors (Lipinski definition) is 6. The summed E-state index contributed by atoms with van der Waals surface area (Å²) in [5.41, 5.74) is 12.0. The minimum absolute atomic E-state index is 0.0975. The number of nitriles is 1. The number of amides is 1. The van der Waals surface area contributed by atoms with Crippen molar-refractivity contribution < 1.29 is 4.79 Å². The van der Waals surface area contributed by atoms with Crippen LogP contribution in [0.2, 0.25) is 0 Å². The fourth-order valence-electron chi connectivity index (χ4n) is 2.26. The maximum absolute atomic E-state index is 11.3. The highest BCUT2D eigenvalue weighted by Gasteiger charge is 2.19. The molecule has 7 nitrogen and oxygen atoms in total. The monoisotopic (exact) mass is 272 g/mol. The van der Waals surface area contributed by atoms with E-state index >= 15 is 0 Å². The molecule has 1 aliphatic heterocycles. The highest BCUT2D eigenvalue weighted by Crippen LogP contribution is 2.24. The van der Waals surface area contributed by atoms with Gasteiger partial charge in [-0.2, -0.15) is 5.26 Å². The number of carbonyl (C=O) groups is 1. The number of primary amides is 1. The first-order valence-electron chi connectivity index (χ1n) is 6.42. The number of piperidine rings is 1. The first kappa shape index (κ1) is 13.8. The Balaban J connectivity index is 2.43. The number of carbonyl (C=O) groups excluding carboxylic acids is 1.